The SMILES string of the molecule is CCNC(Cc1cnccc1N)c1cnccc1C. The molecule has 4 heteroatoms. The fourth-order valence-electron chi connectivity index (χ4n) is 2.21. The number of rotatable bonds is 5. The second-order valence-corrected chi connectivity index (χ2v) is 4.62. The molecule has 1 unspecified atom stereocenters. The van der Waals surface area contributed by atoms with E-state index >= 15 is 0 Å². The lowest BCUT2D eigenvalue weighted by Gasteiger charge is -2.20. The van der Waals surface area contributed by atoms with Crippen LogP contribution in [0.4, 0.5) is 5.69 Å². The summed E-state index contributed by atoms with van der Waals surface area (Å²) in [6.07, 6.45) is 8.12. The van der Waals surface area contributed by atoms with Gasteiger partial charge in [-0.25, -0.2) is 0 Å². The minimum absolute atomic E-state index is 0.213. The van der Waals surface area contributed by atoms with Crippen LogP contribution in [0.5, 0.6) is 0 Å². The molecule has 0 bridgehead atoms. The molecule has 0 aliphatic rings. The van der Waals surface area contributed by atoms with E-state index in [4.69, 9.17) is 5.73 Å². The lowest BCUT2D eigenvalue weighted by Crippen LogP contribution is -2.24. The first kappa shape index (κ1) is 13.5. The third-order valence-electron chi connectivity index (χ3n) is 3.27. The van der Waals surface area contributed by atoms with Gasteiger partial charge in [-0.15, -0.1) is 0 Å². The van der Waals surface area contributed by atoms with Crippen LogP contribution in [-0.2, 0) is 6.42 Å². The third-order valence-corrected chi connectivity index (χ3v) is 3.27. The summed E-state index contributed by atoms with van der Waals surface area (Å²) in [5, 5.41) is 3.49. The molecule has 0 aliphatic carbocycles. The van der Waals surface area contributed by atoms with Crippen LogP contribution in [0.3, 0.4) is 0 Å². The third kappa shape index (κ3) is 3.29. The smallest absolute Gasteiger partial charge is 0.0380 e. The topological polar surface area (TPSA) is 63.8 Å². The molecule has 0 saturated heterocycles. The van der Waals surface area contributed by atoms with Crippen LogP contribution < -0.4 is 11.1 Å². The zero-order chi connectivity index (χ0) is 13.7. The summed E-state index contributed by atoms with van der Waals surface area (Å²) in [4.78, 5) is 8.38. The van der Waals surface area contributed by atoms with E-state index in [-0.39, 0.29) is 6.04 Å². The zero-order valence-electron chi connectivity index (χ0n) is 11.4. The van der Waals surface area contributed by atoms with Crippen LogP contribution >= 0.6 is 0 Å². The van der Waals surface area contributed by atoms with Crippen LogP contribution in [0.1, 0.15) is 29.7 Å². The summed E-state index contributed by atoms with van der Waals surface area (Å²) in [7, 11) is 0. The van der Waals surface area contributed by atoms with Crippen molar-refractivity contribution < 1.29 is 0 Å². The van der Waals surface area contributed by atoms with E-state index in [1.165, 1.54) is 11.1 Å². The van der Waals surface area contributed by atoms with Crippen molar-refractivity contribution in [2.45, 2.75) is 26.3 Å². The van der Waals surface area contributed by atoms with Crippen molar-refractivity contribution >= 4 is 5.69 Å². The Hall–Kier alpha value is -1.94. The zero-order valence-corrected chi connectivity index (χ0v) is 11.4. The number of nitrogens with two attached hydrogens (primary N) is 1. The molecule has 100 valence electrons. The largest absolute Gasteiger partial charge is 0.398 e. The Morgan fingerprint density at radius 2 is 1.95 bits per heavy atom. The second kappa shape index (κ2) is 6.29. The molecular formula is C15H20N4. The van der Waals surface area contributed by atoms with Crippen LogP contribution in [0.25, 0.3) is 0 Å². The molecule has 2 heterocycles. The molecule has 3 N–H and O–H groups in total. The Morgan fingerprint density at radius 1 is 1.21 bits per heavy atom. The molecule has 0 aromatic carbocycles. The van der Waals surface area contributed by atoms with Crippen molar-refractivity contribution in [3.8, 4) is 0 Å². The highest BCUT2D eigenvalue weighted by Crippen LogP contribution is 2.23. The average molecular weight is 256 g/mol. The van der Waals surface area contributed by atoms with E-state index in [0.717, 1.165) is 24.2 Å². The fourth-order valence-corrected chi connectivity index (χ4v) is 2.21. The van der Waals surface area contributed by atoms with Gasteiger partial charge >= 0.3 is 0 Å². The Kier molecular flexibility index (Phi) is 4.47. The van der Waals surface area contributed by atoms with Gasteiger partial charge in [0.1, 0.15) is 0 Å². The highest BCUT2D eigenvalue weighted by molar-refractivity contribution is 5.45. The van der Waals surface area contributed by atoms with Crippen LogP contribution in [0, 0.1) is 6.92 Å². The maximum Gasteiger partial charge on any atom is 0.0380 e. The molecule has 0 spiro atoms. The Balaban J connectivity index is 2.27. The van der Waals surface area contributed by atoms with E-state index in [0.29, 0.717) is 0 Å². The summed E-state index contributed by atoms with van der Waals surface area (Å²) in [5.41, 5.74) is 10.3. The lowest BCUT2D eigenvalue weighted by atomic mass is 9.97. The van der Waals surface area contributed by atoms with Crippen LogP contribution in [-0.4, -0.2) is 16.5 Å². The van der Waals surface area contributed by atoms with Crippen molar-refractivity contribution in [1.29, 1.82) is 0 Å². The average Bonchev–Trinajstić information content (AvgIpc) is 2.41. The number of nitrogens with zero attached hydrogens (tertiary/aromatic N) is 2. The molecule has 1 atom stereocenters. The van der Waals surface area contributed by atoms with Gasteiger partial charge in [0, 0.05) is 36.5 Å². The van der Waals surface area contributed by atoms with Gasteiger partial charge in [0.25, 0.3) is 0 Å². The predicted octanol–water partition coefficient (Wildman–Crippen LogP) is 2.26. The van der Waals surface area contributed by atoms with E-state index in [1.807, 2.05) is 30.7 Å². The molecule has 19 heavy (non-hydrogen) atoms. The van der Waals surface area contributed by atoms with Crippen molar-refractivity contribution in [1.82, 2.24) is 15.3 Å². The highest BCUT2D eigenvalue weighted by Gasteiger charge is 2.15. The fraction of sp³-hybridized carbons (Fsp3) is 0.333. The minimum atomic E-state index is 0.213. The second-order valence-electron chi connectivity index (χ2n) is 4.62. The molecule has 0 aliphatic heterocycles. The molecule has 4 nitrogen and oxygen atoms in total. The molecule has 2 aromatic heterocycles. The van der Waals surface area contributed by atoms with Crippen molar-refractivity contribution in [2.75, 3.05) is 12.3 Å². The molecule has 0 fully saturated rings. The number of hydrogen-bond acceptors (Lipinski definition) is 4. The van der Waals surface area contributed by atoms with Gasteiger partial charge in [-0.05, 0) is 48.7 Å². The quantitative estimate of drug-likeness (QED) is 0.861. The number of aromatic nitrogens is 2. The summed E-state index contributed by atoms with van der Waals surface area (Å²) >= 11 is 0. The van der Waals surface area contributed by atoms with E-state index in [1.54, 1.807) is 6.20 Å². The maximum atomic E-state index is 6.00. The number of anilines is 1. The highest BCUT2D eigenvalue weighted by atomic mass is 14.9. The number of hydrogen-bond donors (Lipinski definition) is 2. The summed E-state index contributed by atoms with van der Waals surface area (Å²) in [6, 6.07) is 4.09. The molecule has 2 aromatic rings. The van der Waals surface area contributed by atoms with Crippen molar-refractivity contribution in [2.24, 2.45) is 0 Å². The first-order chi connectivity index (χ1) is 9.22. The predicted molar refractivity (Wildman–Crippen MR) is 77.7 cm³/mol. The van der Waals surface area contributed by atoms with Crippen LogP contribution in [0.15, 0.2) is 36.9 Å². The van der Waals surface area contributed by atoms with Crippen LogP contribution in [0.2, 0.25) is 0 Å². The number of nitrogen functional groups attached to an aromatic ring is 1. The van der Waals surface area contributed by atoms with Gasteiger partial charge in [0.15, 0.2) is 0 Å². The maximum absolute atomic E-state index is 6.00. The summed E-state index contributed by atoms with van der Waals surface area (Å²) in [6.45, 7) is 5.11. The number of aryl methyl sites for hydroxylation is 1. The number of nitrogens with one attached hydrogen (secondary N) is 1. The molecule has 2 rings (SSSR count). The van der Waals surface area contributed by atoms with Gasteiger partial charge in [-0.2, -0.15) is 0 Å². The van der Waals surface area contributed by atoms with Gasteiger partial charge in [-0.1, -0.05) is 6.92 Å². The number of pyridine rings is 2. The summed E-state index contributed by atoms with van der Waals surface area (Å²) < 4.78 is 0. The van der Waals surface area contributed by atoms with Gasteiger partial charge in [-0.3, -0.25) is 9.97 Å². The first-order valence-electron chi connectivity index (χ1n) is 6.54. The molecule has 0 amide bonds. The Morgan fingerprint density at radius 3 is 2.63 bits per heavy atom. The van der Waals surface area contributed by atoms with Gasteiger partial charge < -0.3 is 11.1 Å². The Labute approximate surface area is 114 Å². The van der Waals surface area contributed by atoms with Gasteiger partial charge in [0.2, 0.25) is 0 Å². The number of likely N-dealkylation sites (N-methyl/N-ethyl adjacent to an activating group) is 1. The summed E-state index contributed by atoms with van der Waals surface area (Å²) in [5.74, 6) is 0. The molecular weight excluding hydrogens is 236 g/mol. The molecule has 0 radical (unpaired) electrons. The van der Waals surface area contributed by atoms with Crippen molar-refractivity contribution in [3.63, 3.8) is 0 Å². The first-order valence-corrected chi connectivity index (χ1v) is 6.54. The van der Waals surface area contributed by atoms with E-state index in [2.05, 4.69) is 29.1 Å². The standard InChI is InChI=1S/C15H20N4/c1-3-19-15(13-10-18-6-4-11(13)2)8-12-9-17-7-5-14(12)16/h4-7,9-10,15,19H,3,8H2,1-2H3,(H2,16,17). The van der Waals surface area contributed by atoms with E-state index in [9.17, 15) is 0 Å². The molecule has 0 saturated carbocycles. The Bertz CT molecular complexity index is 539. The van der Waals surface area contributed by atoms with E-state index < -0.39 is 0 Å². The minimum Gasteiger partial charge on any atom is -0.398 e. The van der Waals surface area contributed by atoms with Gasteiger partial charge in [0.05, 0.1) is 0 Å². The normalized spacial score (nSPS) is 12.3. The monoisotopic (exact) mass is 256 g/mol. The van der Waals surface area contributed by atoms with Crippen molar-refractivity contribution in [3.05, 3.63) is 53.6 Å². The lowest BCUT2D eigenvalue weighted by molar-refractivity contribution is 0.545.